The SMILES string of the molecule is Cc1cccc(NC(C(=O)O)C2CCC(C)O2)c1. The van der Waals surface area contributed by atoms with E-state index in [0.717, 1.165) is 24.1 Å². The molecule has 4 nitrogen and oxygen atoms in total. The number of hydrogen-bond donors (Lipinski definition) is 2. The Balaban J connectivity index is 2.09. The van der Waals surface area contributed by atoms with Gasteiger partial charge in [-0.05, 0) is 44.4 Å². The molecule has 1 aliphatic rings. The molecule has 0 aromatic heterocycles. The van der Waals surface area contributed by atoms with Gasteiger partial charge < -0.3 is 15.2 Å². The summed E-state index contributed by atoms with van der Waals surface area (Å²) in [6.45, 7) is 3.96. The van der Waals surface area contributed by atoms with E-state index in [1.165, 1.54) is 0 Å². The fourth-order valence-corrected chi connectivity index (χ4v) is 2.31. The Hall–Kier alpha value is -1.55. The fraction of sp³-hybridized carbons (Fsp3) is 0.500. The number of rotatable bonds is 4. The van der Waals surface area contributed by atoms with Crippen molar-refractivity contribution >= 4 is 11.7 Å². The summed E-state index contributed by atoms with van der Waals surface area (Å²) in [6, 6.07) is 7.02. The highest BCUT2D eigenvalue weighted by Gasteiger charge is 2.34. The maximum absolute atomic E-state index is 11.3. The predicted octanol–water partition coefficient (Wildman–Crippen LogP) is 2.43. The molecule has 2 N–H and O–H groups in total. The highest BCUT2D eigenvalue weighted by Crippen LogP contribution is 2.24. The van der Waals surface area contributed by atoms with Gasteiger partial charge in [0.25, 0.3) is 0 Å². The monoisotopic (exact) mass is 249 g/mol. The lowest BCUT2D eigenvalue weighted by atomic mass is 10.1. The first kappa shape index (κ1) is 12.9. The second-order valence-corrected chi connectivity index (χ2v) is 4.89. The minimum absolute atomic E-state index is 0.149. The Morgan fingerprint density at radius 2 is 2.28 bits per heavy atom. The highest BCUT2D eigenvalue weighted by molar-refractivity contribution is 5.78. The number of carbonyl (C=O) groups is 1. The molecule has 0 radical (unpaired) electrons. The zero-order chi connectivity index (χ0) is 13.1. The largest absolute Gasteiger partial charge is 0.480 e. The molecule has 2 rings (SSSR count). The second kappa shape index (κ2) is 5.40. The highest BCUT2D eigenvalue weighted by atomic mass is 16.5. The van der Waals surface area contributed by atoms with Gasteiger partial charge >= 0.3 is 5.97 Å². The van der Waals surface area contributed by atoms with Crippen molar-refractivity contribution in [2.75, 3.05) is 5.32 Å². The average Bonchev–Trinajstić information content (AvgIpc) is 2.72. The minimum atomic E-state index is -0.865. The molecule has 0 aliphatic carbocycles. The molecule has 98 valence electrons. The van der Waals surface area contributed by atoms with Crippen molar-refractivity contribution in [2.45, 2.75) is 44.9 Å². The molecule has 3 unspecified atom stereocenters. The third kappa shape index (κ3) is 3.01. The van der Waals surface area contributed by atoms with Crippen molar-refractivity contribution in [3.63, 3.8) is 0 Å². The molecule has 1 aromatic rings. The number of benzene rings is 1. The van der Waals surface area contributed by atoms with Gasteiger partial charge in [0.1, 0.15) is 0 Å². The lowest BCUT2D eigenvalue weighted by Crippen LogP contribution is -2.40. The summed E-state index contributed by atoms with van der Waals surface area (Å²) in [5.41, 5.74) is 1.93. The summed E-state index contributed by atoms with van der Waals surface area (Å²) in [6.07, 6.45) is 1.61. The van der Waals surface area contributed by atoms with E-state index in [9.17, 15) is 9.90 Å². The van der Waals surface area contributed by atoms with Crippen LogP contribution in [0.25, 0.3) is 0 Å². The second-order valence-electron chi connectivity index (χ2n) is 4.89. The van der Waals surface area contributed by atoms with Crippen molar-refractivity contribution < 1.29 is 14.6 Å². The first-order chi connectivity index (χ1) is 8.56. The topological polar surface area (TPSA) is 58.6 Å². The van der Waals surface area contributed by atoms with Crippen LogP contribution in [-0.4, -0.2) is 29.3 Å². The normalized spacial score (nSPS) is 24.8. The summed E-state index contributed by atoms with van der Waals surface area (Å²) in [5.74, 6) is -0.865. The molecule has 0 amide bonds. The number of carboxylic acid groups (broad SMARTS) is 1. The Morgan fingerprint density at radius 1 is 1.50 bits per heavy atom. The van der Waals surface area contributed by atoms with Crippen LogP contribution in [0.1, 0.15) is 25.3 Å². The third-order valence-corrected chi connectivity index (χ3v) is 3.24. The Morgan fingerprint density at radius 3 is 2.83 bits per heavy atom. The summed E-state index contributed by atoms with van der Waals surface area (Å²) in [4.78, 5) is 11.3. The Bertz CT molecular complexity index is 433. The number of anilines is 1. The molecule has 4 heteroatoms. The van der Waals surface area contributed by atoms with Gasteiger partial charge in [-0.25, -0.2) is 4.79 Å². The molecule has 3 atom stereocenters. The summed E-state index contributed by atoms with van der Waals surface area (Å²) >= 11 is 0. The van der Waals surface area contributed by atoms with E-state index in [-0.39, 0.29) is 12.2 Å². The van der Waals surface area contributed by atoms with Crippen LogP contribution in [0.5, 0.6) is 0 Å². The maximum atomic E-state index is 11.3. The van der Waals surface area contributed by atoms with E-state index < -0.39 is 12.0 Å². The number of ether oxygens (including phenoxy) is 1. The van der Waals surface area contributed by atoms with Crippen molar-refractivity contribution in [1.29, 1.82) is 0 Å². The van der Waals surface area contributed by atoms with Crippen LogP contribution in [-0.2, 0) is 9.53 Å². The molecule has 1 aliphatic heterocycles. The molecule has 1 fully saturated rings. The molecular weight excluding hydrogens is 230 g/mol. The van der Waals surface area contributed by atoms with Crippen LogP contribution < -0.4 is 5.32 Å². The number of hydrogen-bond acceptors (Lipinski definition) is 3. The lowest BCUT2D eigenvalue weighted by Gasteiger charge is -2.22. The average molecular weight is 249 g/mol. The van der Waals surface area contributed by atoms with E-state index in [2.05, 4.69) is 5.32 Å². The number of carboxylic acids is 1. The number of aliphatic carboxylic acids is 1. The Kier molecular flexibility index (Phi) is 3.87. The van der Waals surface area contributed by atoms with Gasteiger partial charge in [0.2, 0.25) is 0 Å². The quantitative estimate of drug-likeness (QED) is 0.860. The van der Waals surface area contributed by atoms with E-state index in [0.29, 0.717) is 0 Å². The number of nitrogens with one attached hydrogen (secondary N) is 1. The molecule has 0 saturated carbocycles. The van der Waals surface area contributed by atoms with E-state index in [1.54, 1.807) is 0 Å². The van der Waals surface area contributed by atoms with Gasteiger partial charge in [0.05, 0.1) is 12.2 Å². The van der Waals surface area contributed by atoms with Gasteiger partial charge in [-0.15, -0.1) is 0 Å². The van der Waals surface area contributed by atoms with Crippen molar-refractivity contribution in [3.8, 4) is 0 Å². The van der Waals surface area contributed by atoms with E-state index >= 15 is 0 Å². The minimum Gasteiger partial charge on any atom is -0.480 e. The summed E-state index contributed by atoms with van der Waals surface area (Å²) in [5, 5.41) is 12.4. The van der Waals surface area contributed by atoms with Crippen molar-refractivity contribution in [3.05, 3.63) is 29.8 Å². The third-order valence-electron chi connectivity index (χ3n) is 3.24. The van der Waals surface area contributed by atoms with Crippen LogP contribution in [0.2, 0.25) is 0 Å². The summed E-state index contributed by atoms with van der Waals surface area (Å²) < 4.78 is 5.64. The standard InChI is InChI=1S/C14H19NO3/c1-9-4-3-5-11(8-9)15-13(14(16)17)12-7-6-10(2)18-12/h3-5,8,10,12-13,15H,6-7H2,1-2H3,(H,16,17). The maximum Gasteiger partial charge on any atom is 0.328 e. The fourth-order valence-electron chi connectivity index (χ4n) is 2.31. The van der Waals surface area contributed by atoms with Gasteiger partial charge in [0, 0.05) is 5.69 Å². The van der Waals surface area contributed by atoms with Crippen LogP contribution in [0.3, 0.4) is 0 Å². The van der Waals surface area contributed by atoms with E-state index in [4.69, 9.17) is 4.74 Å². The van der Waals surface area contributed by atoms with Gasteiger partial charge in [0.15, 0.2) is 6.04 Å². The van der Waals surface area contributed by atoms with Crippen LogP contribution in [0.4, 0.5) is 5.69 Å². The van der Waals surface area contributed by atoms with Gasteiger partial charge in [-0.3, -0.25) is 0 Å². The summed E-state index contributed by atoms with van der Waals surface area (Å²) in [7, 11) is 0. The first-order valence-corrected chi connectivity index (χ1v) is 6.28. The molecule has 1 aromatic carbocycles. The smallest absolute Gasteiger partial charge is 0.328 e. The zero-order valence-corrected chi connectivity index (χ0v) is 10.7. The molecular formula is C14H19NO3. The van der Waals surface area contributed by atoms with Crippen molar-refractivity contribution in [2.24, 2.45) is 0 Å². The Labute approximate surface area is 107 Å². The van der Waals surface area contributed by atoms with Crippen LogP contribution in [0, 0.1) is 6.92 Å². The predicted molar refractivity (Wildman–Crippen MR) is 69.8 cm³/mol. The molecule has 0 spiro atoms. The first-order valence-electron chi connectivity index (χ1n) is 6.28. The van der Waals surface area contributed by atoms with Crippen LogP contribution in [0.15, 0.2) is 24.3 Å². The molecule has 18 heavy (non-hydrogen) atoms. The molecule has 1 heterocycles. The molecule has 0 bridgehead atoms. The van der Waals surface area contributed by atoms with E-state index in [1.807, 2.05) is 38.1 Å². The molecule has 1 saturated heterocycles. The zero-order valence-electron chi connectivity index (χ0n) is 10.7. The lowest BCUT2D eigenvalue weighted by molar-refractivity contribution is -0.141. The van der Waals surface area contributed by atoms with Gasteiger partial charge in [-0.1, -0.05) is 12.1 Å². The van der Waals surface area contributed by atoms with Gasteiger partial charge in [-0.2, -0.15) is 0 Å². The van der Waals surface area contributed by atoms with Crippen LogP contribution >= 0.6 is 0 Å². The number of aryl methyl sites for hydroxylation is 1. The van der Waals surface area contributed by atoms with Crippen molar-refractivity contribution in [1.82, 2.24) is 0 Å².